The summed E-state index contributed by atoms with van der Waals surface area (Å²) in [7, 11) is 0. The summed E-state index contributed by atoms with van der Waals surface area (Å²) in [6.07, 6.45) is 0.375. The fraction of sp³-hybridized carbons (Fsp3) is 0.333. The summed E-state index contributed by atoms with van der Waals surface area (Å²) in [6, 6.07) is 15.7. The second-order valence-electron chi connectivity index (χ2n) is 9.97. The van der Waals surface area contributed by atoms with Crippen LogP contribution in [0.1, 0.15) is 55.7 Å². The van der Waals surface area contributed by atoms with Crippen LogP contribution in [0.15, 0.2) is 71.7 Å². The molecule has 1 aliphatic heterocycles. The number of amides is 1. The number of nitrogens with zero attached hydrogens (tertiary/aromatic N) is 1. The molecule has 2 aliphatic rings. The molecule has 4 nitrogen and oxygen atoms in total. The zero-order chi connectivity index (χ0) is 27.6. The number of hydrogen-bond acceptors (Lipinski definition) is 3. The number of ether oxygens (including phenoxy) is 1. The van der Waals surface area contributed by atoms with Crippen LogP contribution in [0, 0.1) is 17.6 Å². The molecule has 1 amide bonds. The summed E-state index contributed by atoms with van der Waals surface area (Å²) in [5.41, 5.74) is 2.11. The Hall–Kier alpha value is -3.75. The van der Waals surface area contributed by atoms with Crippen LogP contribution in [-0.2, 0) is 4.79 Å². The Kier molecular flexibility index (Phi) is 7.68. The van der Waals surface area contributed by atoms with Gasteiger partial charge in [-0.25, -0.2) is 8.78 Å². The van der Waals surface area contributed by atoms with Crippen molar-refractivity contribution in [2.75, 3.05) is 0 Å². The maximum Gasteiger partial charge on any atom is 0.573 e. The number of carbonyl (C=O) groups is 1. The van der Waals surface area contributed by atoms with Gasteiger partial charge in [-0.3, -0.25) is 9.79 Å². The number of benzene rings is 3. The van der Waals surface area contributed by atoms with Crippen molar-refractivity contribution in [2.24, 2.45) is 10.9 Å². The van der Waals surface area contributed by atoms with E-state index < -0.39 is 30.0 Å². The average molecular weight is 543 g/mol. The van der Waals surface area contributed by atoms with Crippen LogP contribution in [0.5, 0.6) is 5.75 Å². The molecule has 204 valence electrons. The minimum absolute atomic E-state index is 0.0767. The molecule has 1 heterocycles. The second kappa shape index (κ2) is 11.2. The Balaban J connectivity index is 1.41. The number of carbonyl (C=O) groups excluding carboxylic acids is 1. The molecule has 1 N–H and O–H groups in total. The Morgan fingerprint density at radius 1 is 0.846 bits per heavy atom. The van der Waals surface area contributed by atoms with Gasteiger partial charge >= 0.3 is 6.36 Å². The molecule has 2 atom stereocenters. The van der Waals surface area contributed by atoms with Gasteiger partial charge in [-0.1, -0.05) is 61.7 Å². The van der Waals surface area contributed by atoms with E-state index >= 15 is 0 Å². The zero-order valence-corrected chi connectivity index (χ0v) is 21.0. The predicted molar refractivity (Wildman–Crippen MR) is 137 cm³/mol. The Labute approximate surface area is 222 Å². The number of hydrogen-bond donors (Lipinski definition) is 1. The van der Waals surface area contributed by atoms with Crippen molar-refractivity contribution < 1.29 is 31.5 Å². The molecule has 3 aromatic carbocycles. The first-order chi connectivity index (χ1) is 18.7. The van der Waals surface area contributed by atoms with E-state index in [2.05, 4.69) is 15.0 Å². The van der Waals surface area contributed by atoms with Crippen LogP contribution in [0.2, 0.25) is 0 Å². The van der Waals surface area contributed by atoms with Gasteiger partial charge in [0.25, 0.3) is 0 Å². The van der Waals surface area contributed by atoms with Crippen LogP contribution in [0.4, 0.5) is 22.0 Å². The van der Waals surface area contributed by atoms with Crippen LogP contribution >= 0.6 is 0 Å². The lowest BCUT2D eigenvalue weighted by Gasteiger charge is -2.26. The molecule has 0 radical (unpaired) electrons. The molecule has 1 aliphatic carbocycles. The molecule has 1 fully saturated rings. The number of aliphatic imine (C=N–C) groups is 1. The summed E-state index contributed by atoms with van der Waals surface area (Å²) in [4.78, 5) is 18.0. The third kappa shape index (κ3) is 6.29. The molecule has 9 heteroatoms. The number of halogens is 5. The van der Waals surface area contributed by atoms with E-state index in [1.807, 2.05) is 0 Å². The monoisotopic (exact) mass is 542 g/mol. The van der Waals surface area contributed by atoms with E-state index in [1.165, 1.54) is 42.5 Å². The highest BCUT2D eigenvalue weighted by Gasteiger charge is 2.38. The lowest BCUT2D eigenvalue weighted by atomic mass is 9.88. The van der Waals surface area contributed by atoms with Crippen molar-refractivity contribution in [3.05, 3.63) is 89.5 Å². The van der Waals surface area contributed by atoms with Crippen molar-refractivity contribution in [3.8, 4) is 16.9 Å². The van der Waals surface area contributed by atoms with Crippen molar-refractivity contribution in [2.45, 2.75) is 57.0 Å². The molecule has 3 aromatic rings. The summed E-state index contributed by atoms with van der Waals surface area (Å²) >= 11 is 0. The summed E-state index contributed by atoms with van der Waals surface area (Å²) < 4.78 is 70.5. The lowest BCUT2D eigenvalue weighted by Crippen LogP contribution is -2.41. The first-order valence-electron chi connectivity index (χ1n) is 13.0. The van der Waals surface area contributed by atoms with Crippen LogP contribution in [0.3, 0.4) is 0 Å². The van der Waals surface area contributed by atoms with Gasteiger partial charge in [-0.15, -0.1) is 13.2 Å². The first kappa shape index (κ1) is 26.8. The van der Waals surface area contributed by atoms with Crippen LogP contribution < -0.4 is 10.1 Å². The molecular weight excluding hydrogens is 515 g/mol. The zero-order valence-electron chi connectivity index (χ0n) is 21.0. The molecule has 1 saturated carbocycles. The Morgan fingerprint density at radius 3 is 2.03 bits per heavy atom. The van der Waals surface area contributed by atoms with Gasteiger partial charge in [0.2, 0.25) is 5.91 Å². The van der Waals surface area contributed by atoms with Crippen LogP contribution in [0.25, 0.3) is 11.1 Å². The minimum Gasteiger partial charge on any atom is -0.406 e. The van der Waals surface area contributed by atoms with Crippen molar-refractivity contribution in [1.29, 1.82) is 0 Å². The van der Waals surface area contributed by atoms with Gasteiger partial charge in [0.05, 0.1) is 17.5 Å². The van der Waals surface area contributed by atoms with Gasteiger partial charge in [0.15, 0.2) is 0 Å². The largest absolute Gasteiger partial charge is 0.573 e. The smallest absolute Gasteiger partial charge is 0.406 e. The Bertz CT molecular complexity index is 1330. The first-order valence-corrected chi connectivity index (χ1v) is 13.0. The van der Waals surface area contributed by atoms with Gasteiger partial charge in [-0.05, 0) is 53.8 Å². The third-order valence-electron chi connectivity index (χ3n) is 7.30. The maximum absolute atomic E-state index is 14.6. The maximum atomic E-state index is 14.6. The molecule has 0 saturated heterocycles. The van der Waals surface area contributed by atoms with Crippen molar-refractivity contribution in [1.82, 2.24) is 5.32 Å². The normalized spacial score (nSPS) is 20.0. The van der Waals surface area contributed by atoms with Crippen molar-refractivity contribution >= 4 is 11.6 Å². The molecule has 0 spiro atoms. The fourth-order valence-electron chi connectivity index (χ4n) is 5.39. The predicted octanol–water partition coefficient (Wildman–Crippen LogP) is 7.53. The van der Waals surface area contributed by atoms with E-state index in [0.29, 0.717) is 11.1 Å². The van der Waals surface area contributed by atoms with Gasteiger partial charge in [0.1, 0.15) is 17.4 Å². The second-order valence-corrected chi connectivity index (χ2v) is 9.97. The topological polar surface area (TPSA) is 50.7 Å². The number of nitrogens with one attached hydrogen (secondary N) is 1. The molecular formula is C30H27F5N2O2. The van der Waals surface area contributed by atoms with Gasteiger partial charge in [0, 0.05) is 18.2 Å². The Morgan fingerprint density at radius 2 is 1.44 bits per heavy atom. The van der Waals surface area contributed by atoms with Crippen molar-refractivity contribution in [3.63, 3.8) is 0 Å². The quantitative estimate of drug-likeness (QED) is 0.328. The summed E-state index contributed by atoms with van der Waals surface area (Å²) in [6.45, 7) is 0. The SMILES string of the molecule is O=C(NC1CCCCC1)C1CC(c2c(F)cccc2F)=NC1c1ccc(-c2ccc(OC(F)(F)F)cc2)cc1. The highest BCUT2D eigenvalue weighted by molar-refractivity contribution is 6.05. The summed E-state index contributed by atoms with van der Waals surface area (Å²) in [5.74, 6) is -2.59. The van der Waals surface area contributed by atoms with E-state index in [-0.39, 0.29) is 35.4 Å². The minimum atomic E-state index is -4.77. The highest BCUT2D eigenvalue weighted by Crippen LogP contribution is 2.39. The fourth-order valence-corrected chi connectivity index (χ4v) is 5.39. The van der Waals surface area contributed by atoms with Crippen LogP contribution in [-0.4, -0.2) is 24.0 Å². The van der Waals surface area contributed by atoms with Gasteiger partial charge in [-0.2, -0.15) is 0 Å². The van der Waals surface area contributed by atoms with E-state index in [0.717, 1.165) is 37.7 Å². The highest BCUT2D eigenvalue weighted by atomic mass is 19.4. The number of alkyl halides is 3. The van der Waals surface area contributed by atoms with Gasteiger partial charge < -0.3 is 10.1 Å². The van der Waals surface area contributed by atoms with E-state index in [1.54, 1.807) is 24.3 Å². The molecule has 2 unspecified atom stereocenters. The summed E-state index contributed by atoms with van der Waals surface area (Å²) in [5, 5.41) is 3.13. The third-order valence-corrected chi connectivity index (χ3v) is 7.30. The van der Waals surface area contributed by atoms with E-state index in [4.69, 9.17) is 0 Å². The standard InChI is InChI=1S/C30H27F5N2O2/c31-24-7-4-8-25(32)27(24)26-17-23(29(38)36-21-5-2-1-3-6-21)28(37-26)20-11-9-18(10-12-20)19-13-15-22(16-14-19)39-30(33,34)35/h4,7-16,21,23,28H,1-3,5-6,17H2,(H,36,38). The molecule has 0 aromatic heterocycles. The van der Waals surface area contributed by atoms with E-state index in [9.17, 15) is 26.7 Å². The number of rotatable bonds is 6. The molecule has 0 bridgehead atoms. The molecule has 39 heavy (non-hydrogen) atoms. The lowest BCUT2D eigenvalue weighted by molar-refractivity contribution is -0.274. The average Bonchev–Trinajstić information content (AvgIpc) is 3.34. The molecule has 5 rings (SSSR count).